The van der Waals surface area contributed by atoms with Crippen molar-refractivity contribution in [1.82, 2.24) is 24.6 Å². The average Bonchev–Trinajstić information content (AvgIpc) is 3.03. The molecule has 0 radical (unpaired) electrons. The van der Waals surface area contributed by atoms with Crippen molar-refractivity contribution in [3.05, 3.63) is 36.3 Å². The summed E-state index contributed by atoms with van der Waals surface area (Å²) in [4.78, 5) is 18.7. The van der Waals surface area contributed by atoms with Crippen LogP contribution in [0.25, 0.3) is 11.4 Å². The Balaban J connectivity index is 1.66. The molecule has 2 heterocycles. The summed E-state index contributed by atoms with van der Waals surface area (Å²) >= 11 is 1.43. The number of hydrogen-bond acceptors (Lipinski definition) is 5. The van der Waals surface area contributed by atoms with E-state index >= 15 is 0 Å². The third-order valence-corrected chi connectivity index (χ3v) is 5.32. The number of carbonyl (C=O) groups excluding carboxylic acids is 1. The van der Waals surface area contributed by atoms with Crippen molar-refractivity contribution in [2.24, 2.45) is 7.05 Å². The summed E-state index contributed by atoms with van der Waals surface area (Å²) in [6.45, 7) is 2.74. The van der Waals surface area contributed by atoms with Crippen molar-refractivity contribution in [3.63, 3.8) is 0 Å². The summed E-state index contributed by atoms with van der Waals surface area (Å²) < 4.78 is 1.91. The highest BCUT2D eigenvalue weighted by Gasteiger charge is 2.19. The van der Waals surface area contributed by atoms with Crippen LogP contribution in [0.2, 0.25) is 0 Å². The number of aromatic nitrogens is 4. The fourth-order valence-electron chi connectivity index (χ4n) is 3.00. The van der Waals surface area contributed by atoms with Gasteiger partial charge in [0, 0.05) is 37.2 Å². The Morgan fingerprint density at radius 2 is 2.24 bits per heavy atom. The first-order valence-electron chi connectivity index (χ1n) is 8.62. The van der Waals surface area contributed by atoms with Gasteiger partial charge >= 0.3 is 0 Å². The number of hydrogen-bond donors (Lipinski definition) is 0. The predicted octanol–water partition coefficient (Wildman–Crippen LogP) is 3.28. The van der Waals surface area contributed by atoms with E-state index in [-0.39, 0.29) is 5.91 Å². The topological polar surface area (TPSA) is 63.9 Å². The predicted molar refractivity (Wildman–Crippen MR) is 98.9 cm³/mol. The summed E-state index contributed by atoms with van der Waals surface area (Å²) in [5.41, 5.74) is 2.09. The van der Waals surface area contributed by atoms with Gasteiger partial charge in [0.25, 0.3) is 0 Å². The number of allylic oxidation sites excluding steroid dienone is 2. The second kappa shape index (κ2) is 8.29. The van der Waals surface area contributed by atoms with Crippen LogP contribution in [0.1, 0.15) is 32.6 Å². The number of thioether (sulfide) groups is 1. The Morgan fingerprint density at radius 1 is 1.36 bits per heavy atom. The molecule has 2 aromatic rings. The van der Waals surface area contributed by atoms with E-state index in [1.807, 2.05) is 35.6 Å². The van der Waals surface area contributed by atoms with Crippen LogP contribution in [0.3, 0.4) is 0 Å². The van der Waals surface area contributed by atoms with Crippen LogP contribution in [0, 0.1) is 0 Å². The van der Waals surface area contributed by atoms with E-state index in [0.717, 1.165) is 29.4 Å². The molecule has 132 valence electrons. The van der Waals surface area contributed by atoms with Crippen LogP contribution in [-0.2, 0) is 11.8 Å². The van der Waals surface area contributed by atoms with E-state index < -0.39 is 0 Å². The van der Waals surface area contributed by atoms with Gasteiger partial charge in [0.05, 0.1) is 5.75 Å². The van der Waals surface area contributed by atoms with Crippen molar-refractivity contribution in [2.75, 3.05) is 12.3 Å². The molecule has 0 aromatic carbocycles. The molecule has 1 aliphatic carbocycles. The second-order valence-electron chi connectivity index (χ2n) is 5.97. The smallest absolute Gasteiger partial charge is 0.237 e. The molecule has 1 aliphatic rings. The Kier molecular flexibility index (Phi) is 5.86. The largest absolute Gasteiger partial charge is 0.316 e. The lowest BCUT2D eigenvalue weighted by Crippen LogP contribution is -2.32. The Hall–Kier alpha value is -2.15. The van der Waals surface area contributed by atoms with E-state index in [1.165, 1.54) is 30.3 Å². The molecule has 1 amide bonds. The van der Waals surface area contributed by atoms with Crippen molar-refractivity contribution in [1.29, 1.82) is 0 Å². The fraction of sp³-hybridized carbons (Fsp3) is 0.444. The molecule has 3 rings (SSSR count). The molecule has 25 heavy (non-hydrogen) atoms. The van der Waals surface area contributed by atoms with E-state index in [2.05, 4.69) is 21.3 Å². The van der Waals surface area contributed by atoms with Gasteiger partial charge in [-0.1, -0.05) is 17.8 Å². The number of pyridine rings is 1. The van der Waals surface area contributed by atoms with Crippen molar-refractivity contribution >= 4 is 17.7 Å². The van der Waals surface area contributed by atoms with Gasteiger partial charge < -0.3 is 9.47 Å². The third kappa shape index (κ3) is 4.10. The molecule has 0 spiro atoms. The molecule has 7 heteroatoms. The van der Waals surface area contributed by atoms with Gasteiger partial charge in [0.1, 0.15) is 0 Å². The zero-order valence-corrected chi connectivity index (χ0v) is 15.5. The molecule has 0 saturated heterocycles. The molecule has 0 saturated carbocycles. The number of amides is 1. The molecule has 2 aromatic heterocycles. The SMILES string of the molecule is CCN(C(=O)CSc1nnc(-c2cccnc2)n1C)C1=CCCCC1. The molecule has 6 nitrogen and oxygen atoms in total. The second-order valence-corrected chi connectivity index (χ2v) is 6.92. The minimum absolute atomic E-state index is 0.131. The molecule has 0 bridgehead atoms. The maximum absolute atomic E-state index is 12.6. The zero-order chi connectivity index (χ0) is 17.6. The summed E-state index contributed by atoms with van der Waals surface area (Å²) in [6, 6.07) is 3.82. The van der Waals surface area contributed by atoms with E-state index in [1.54, 1.807) is 12.4 Å². The van der Waals surface area contributed by atoms with Gasteiger partial charge in [-0.05, 0) is 44.7 Å². The van der Waals surface area contributed by atoms with Crippen LogP contribution in [0.5, 0.6) is 0 Å². The molecule has 0 N–H and O–H groups in total. The Labute approximate surface area is 152 Å². The van der Waals surface area contributed by atoms with Gasteiger partial charge in [-0.25, -0.2) is 0 Å². The monoisotopic (exact) mass is 357 g/mol. The maximum atomic E-state index is 12.6. The lowest BCUT2D eigenvalue weighted by atomic mass is 10.0. The highest BCUT2D eigenvalue weighted by molar-refractivity contribution is 7.99. The third-order valence-electron chi connectivity index (χ3n) is 4.31. The van der Waals surface area contributed by atoms with Crippen LogP contribution in [0.15, 0.2) is 41.5 Å². The van der Waals surface area contributed by atoms with Crippen LogP contribution in [-0.4, -0.2) is 42.9 Å². The highest BCUT2D eigenvalue weighted by Crippen LogP contribution is 2.24. The quantitative estimate of drug-likeness (QED) is 0.743. The summed E-state index contributed by atoms with van der Waals surface area (Å²) in [5.74, 6) is 1.25. The van der Waals surface area contributed by atoms with Gasteiger partial charge in [0.15, 0.2) is 11.0 Å². The van der Waals surface area contributed by atoms with Crippen LogP contribution in [0.4, 0.5) is 0 Å². The van der Waals surface area contributed by atoms with Crippen LogP contribution >= 0.6 is 11.8 Å². The standard InChI is InChI=1S/C18H23N5OS/c1-3-23(15-9-5-4-6-10-15)16(24)13-25-18-21-20-17(22(18)2)14-8-7-11-19-12-14/h7-9,11-12H,3-6,10,13H2,1-2H3. The molecule has 0 fully saturated rings. The fourth-order valence-corrected chi connectivity index (χ4v) is 3.78. The lowest BCUT2D eigenvalue weighted by molar-refractivity contribution is -0.126. The summed E-state index contributed by atoms with van der Waals surface area (Å²) in [5, 5.41) is 9.20. The van der Waals surface area contributed by atoms with E-state index in [4.69, 9.17) is 0 Å². The Morgan fingerprint density at radius 3 is 2.92 bits per heavy atom. The number of carbonyl (C=O) groups is 1. The highest BCUT2D eigenvalue weighted by atomic mass is 32.2. The van der Waals surface area contributed by atoms with Crippen molar-refractivity contribution in [2.45, 2.75) is 37.8 Å². The normalized spacial score (nSPS) is 14.2. The molecule has 0 unspecified atom stereocenters. The van der Waals surface area contributed by atoms with Gasteiger partial charge in [-0.3, -0.25) is 9.78 Å². The van der Waals surface area contributed by atoms with E-state index in [0.29, 0.717) is 12.3 Å². The van der Waals surface area contributed by atoms with Gasteiger partial charge in [0.2, 0.25) is 5.91 Å². The molecule has 0 aliphatic heterocycles. The van der Waals surface area contributed by atoms with E-state index in [9.17, 15) is 4.79 Å². The first-order chi connectivity index (χ1) is 12.2. The van der Waals surface area contributed by atoms with Crippen LogP contribution < -0.4 is 0 Å². The molecular formula is C18H23N5OS. The average molecular weight is 357 g/mol. The summed E-state index contributed by atoms with van der Waals surface area (Å²) in [6.07, 6.45) is 10.2. The molecule has 0 atom stereocenters. The maximum Gasteiger partial charge on any atom is 0.237 e. The van der Waals surface area contributed by atoms with Gasteiger partial charge in [-0.15, -0.1) is 10.2 Å². The summed E-state index contributed by atoms with van der Waals surface area (Å²) in [7, 11) is 1.91. The minimum Gasteiger partial charge on any atom is -0.316 e. The lowest BCUT2D eigenvalue weighted by Gasteiger charge is -2.26. The Bertz CT molecular complexity index is 756. The minimum atomic E-state index is 0.131. The van der Waals surface area contributed by atoms with Gasteiger partial charge in [-0.2, -0.15) is 0 Å². The first-order valence-corrected chi connectivity index (χ1v) is 9.61. The zero-order valence-electron chi connectivity index (χ0n) is 14.7. The first kappa shape index (κ1) is 17.7. The number of rotatable bonds is 6. The number of nitrogens with zero attached hydrogens (tertiary/aromatic N) is 5. The van der Waals surface area contributed by atoms with Crippen molar-refractivity contribution < 1.29 is 4.79 Å². The van der Waals surface area contributed by atoms with Crippen molar-refractivity contribution in [3.8, 4) is 11.4 Å². The molecular weight excluding hydrogens is 334 g/mol.